The summed E-state index contributed by atoms with van der Waals surface area (Å²) in [5.74, 6) is -2.08. The van der Waals surface area contributed by atoms with Crippen molar-refractivity contribution in [1.29, 1.82) is 0 Å². The van der Waals surface area contributed by atoms with Crippen molar-refractivity contribution >= 4 is 17.9 Å². The van der Waals surface area contributed by atoms with Gasteiger partial charge in [-0.2, -0.15) is 0 Å². The highest BCUT2D eigenvalue weighted by Gasteiger charge is 2.15. The summed E-state index contributed by atoms with van der Waals surface area (Å²) < 4.78 is 23.0. The molecule has 0 unspecified atom stereocenters. The predicted molar refractivity (Wildman–Crippen MR) is 75.8 cm³/mol. The number of hydrogen-bond acceptors (Lipinski definition) is 5. The molecule has 0 saturated carbocycles. The minimum Gasteiger partial charge on any atom is -0.467 e. The predicted octanol–water partition coefficient (Wildman–Crippen LogP) is 1.60. The number of carbonyl (C=O) groups excluding carboxylic acids is 3. The largest absolute Gasteiger partial charge is 0.467 e. The number of ether oxygens (including phenoxy) is 1. The molecule has 3 amide bonds. The van der Waals surface area contributed by atoms with Crippen LogP contribution in [-0.2, 0) is 16.1 Å². The van der Waals surface area contributed by atoms with Crippen LogP contribution < -0.4 is 10.6 Å². The second kappa shape index (κ2) is 7.74. The van der Waals surface area contributed by atoms with Crippen LogP contribution in [0.15, 0.2) is 47.1 Å². The molecule has 1 aromatic heterocycles. The Morgan fingerprint density at radius 2 is 1.91 bits per heavy atom. The van der Waals surface area contributed by atoms with E-state index in [1.54, 1.807) is 12.1 Å². The van der Waals surface area contributed by atoms with E-state index in [2.05, 4.69) is 10.1 Å². The first kappa shape index (κ1) is 16.2. The standard InChI is InChI=1S/C15H13FN2O5/c16-12-6-2-1-5-11(12)14(20)23-9-13(19)18-15(21)17-8-10-4-3-7-22-10/h1-7H,8-9H2,(H2,17,18,19,21). The van der Waals surface area contributed by atoms with E-state index in [1.165, 1.54) is 24.5 Å². The maximum Gasteiger partial charge on any atom is 0.341 e. The molecule has 1 aromatic carbocycles. The number of hydrogen-bond donors (Lipinski definition) is 2. The third kappa shape index (κ3) is 4.95. The van der Waals surface area contributed by atoms with E-state index in [1.807, 2.05) is 5.32 Å². The van der Waals surface area contributed by atoms with Gasteiger partial charge in [-0.05, 0) is 24.3 Å². The van der Waals surface area contributed by atoms with Gasteiger partial charge in [0.2, 0.25) is 0 Å². The van der Waals surface area contributed by atoms with Gasteiger partial charge in [0, 0.05) is 0 Å². The Kier molecular flexibility index (Phi) is 5.45. The van der Waals surface area contributed by atoms with Crippen LogP contribution in [0.4, 0.5) is 9.18 Å². The van der Waals surface area contributed by atoms with Crippen LogP contribution in [0.25, 0.3) is 0 Å². The first-order valence-electron chi connectivity index (χ1n) is 6.58. The quantitative estimate of drug-likeness (QED) is 0.816. The van der Waals surface area contributed by atoms with Gasteiger partial charge in [-0.3, -0.25) is 10.1 Å². The van der Waals surface area contributed by atoms with Crippen molar-refractivity contribution in [2.45, 2.75) is 6.54 Å². The number of rotatable bonds is 5. The Morgan fingerprint density at radius 3 is 2.61 bits per heavy atom. The maximum absolute atomic E-state index is 13.3. The van der Waals surface area contributed by atoms with Gasteiger partial charge in [0.05, 0.1) is 18.4 Å². The number of furan rings is 1. The molecule has 0 atom stereocenters. The zero-order chi connectivity index (χ0) is 16.7. The lowest BCUT2D eigenvalue weighted by Crippen LogP contribution is -2.41. The lowest BCUT2D eigenvalue weighted by molar-refractivity contribution is -0.123. The SMILES string of the molecule is O=C(COC(=O)c1ccccc1F)NC(=O)NCc1ccco1. The molecule has 23 heavy (non-hydrogen) atoms. The molecule has 120 valence electrons. The molecule has 8 heteroatoms. The van der Waals surface area contributed by atoms with Crippen molar-refractivity contribution in [1.82, 2.24) is 10.6 Å². The van der Waals surface area contributed by atoms with Gasteiger partial charge >= 0.3 is 12.0 Å². The van der Waals surface area contributed by atoms with E-state index >= 15 is 0 Å². The van der Waals surface area contributed by atoms with E-state index in [0.717, 1.165) is 6.07 Å². The zero-order valence-electron chi connectivity index (χ0n) is 11.9. The van der Waals surface area contributed by atoms with Crippen LogP contribution in [0.2, 0.25) is 0 Å². The Balaban J connectivity index is 1.73. The summed E-state index contributed by atoms with van der Waals surface area (Å²) in [6.07, 6.45) is 1.45. The fourth-order valence-corrected chi connectivity index (χ4v) is 1.62. The van der Waals surface area contributed by atoms with Gasteiger partial charge in [-0.15, -0.1) is 0 Å². The molecule has 0 spiro atoms. The van der Waals surface area contributed by atoms with Crippen molar-refractivity contribution in [3.63, 3.8) is 0 Å². The summed E-state index contributed by atoms with van der Waals surface area (Å²) >= 11 is 0. The number of carbonyl (C=O) groups is 3. The van der Waals surface area contributed by atoms with E-state index in [9.17, 15) is 18.8 Å². The lowest BCUT2D eigenvalue weighted by Gasteiger charge is -2.07. The number of benzene rings is 1. The number of amides is 3. The highest BCUT2D eigenvalue weighted by atomic mass is 19.1. The smallest absolute Gasteiger partial charge is 0.341 e. The van der Waals surface area contributed by atoms with E-state index < -0.39 is 30.3 Å². The number of esters is 1. The molecule has 2 rings (SSSR count). The summed E-state index contributed by atoms with van der Waals surface area (Å²) in [5, 5.41) is 4.34. The van der Waals surface area contributed by atoms with Crippen molar-refractivity contribution in [3.05, 3.63) is 59.8 Å². The molecule has 0 bridgehead atoms. The molecule has 2 aromatic rings. The number of urea groups is 1. The third-order valence-corrected chi connectivity index (χ3v) is 2.68. The topological polar surface area (TPSA) is 97.6 Å². The summed E-state index contributed by atoms with van der Waals surface area (Å²) in [5.41, 5.74) is -0.289. The molecule has 0 aliphatic carbocycles. The molecular weight excluding hydrogens is 307 g/mol. The summed E-state index contributed by atoms with van der Waals surface area (Å²) in [7, 11) is 0. The molecule has 0 aliphatic rings. The lowest BCUT2D eigenvalue weighted by atomic mass is 10.2. The van der Waals surface area contributed by atoms with Gasteiger partial charge in [-0.1, -0.05) is 12.1 Å². The van der Waals surface area contributed by atoms with Crippen molar-refractivity contribution in [2.24, 2.45) is 0 Å². The van der Waals surface area contributed by atoms with Crippen LogP contribution in [0.5, 0.6) is 0 Å². The van der Waals surface area contributed by atoms with Crippen molar-refractivity contribution in [2.75, 3.05) is 6.61 Å². The Bertz CT molecular complexity index is 700. The van der Waals surface area contributed by atoms with Crippen LogP contribution >= 0.6 is 0 Å². The number of nitrogens with one attached hydrogen (secondary N) is 2. The Morgan fingerprint density at radius 1 is 1.13 bits per heavy atom. The minimum atomic E-state index is -0.991. The van der Waals surface area contributed by atoms with Gasteiger partial charge in [0.15, 0.2) is 6.61 Å². The van der Waals surface area contributed by atoms with Crippen LogP contribution in [0.1, 0.15) is 16.1 Å². The molecular formula is C15H13FN2O5. The second-order valence-corrected chi connectivity index (χ2v) is 4.37. The fraction of sp³-hybridized carbons (Fsp3) is 0.133. The van der Waals surface area contributed by atoms with E-state index in [4.69, 9.17) is 4.42 Å². The maximum atomic E-state index is 13.3. The molecule has 0 aliphatic heterocycles. The third-order valence-electron chi connectivity index (χ3n) is 2.68. The molecule has 2 N–H and O–H groups in total. The summed E-state index contributed by atoms with van der Waals surface area (Å²) in [6, 6.07) is 7.74. The van der Waals surface area contributed by atoms with E-state index in [-0.39, 0.29) is 12.1 Å². The average molecular weight is 320 g/mol. The average Bonchev–Trinajstić information content (AvgIpc) is 3.04. The van der Waals surface area contributed by atoms with E-state index in [0.29, 0.717) is 5.76 Å². The van der Waals surface area contributed by atoms with Gasteiger partial charge in [0.25, 0.3) is 5.91 Å². The van der Waals surface area contributed by atoms with Gasteiger partial charge in [-0.25, -0.2) is 14.0 Å². The normalized spacial score (nSPS) is 9.96. The van der Waals surface area contributed by atoms with Crippen LogP contribution in [0.3, 0.4) is 0 Å². The minimum absolute atomic E-state index is 0.0983. The Hall–Kier alpha value is -3.16. The highest BCUT2D eigenvalue weighted by molar-refractivity contribution is 5.97. The fourth-order valence-electron chi connectivity index (χ4n) is 1.62. The van der Waals surface area contributed by atoms with Crippen LogP contribution in [-0.4, -0.2) is 24.5 Å². The van der Waals surface area contributed by atoms with Crippen LogP contribution in [0, 0.1) is 5.82 Å². The Labute approximate surface area is 130 Å². The first-order chi connectivity index (χ1) is 11.1. The van der Waals surface area contributed by atoms with Crippen molar-refractivity contribution < 1.29 is 27.9 Å². The first-order valence-corrected chi connectivity index (χ1v) is 6.58. The summed E-state index contributed by atoms with van der Waals surface area (Å²) in [6.45, 7) is -0.609. The monoisotopic (exact) mass is 320 g/mol. The molecule has 0 fully saturated rings. The van der Waals surface area contributed by atoms with Gasteiger partial charge < -0.3 is 14.5 Å². The number of halogens is 1. The molecule has 1 heterocycles. The van der Waals surface area contributed by atoms with Crippen molar-refractivity contribution in [3.8, 4) is 0 Å². The number of imide groups is 1. The second-order valence-electron chi connectivity index (χ2n) is 4.37. The highest BCUT2D eigenvalue weighted by Crippen LogP contribution is 2.07. The molecule has 0 radical (unpaired) electrons. The zero-order valence-corrected chi connectivity index (χ0v) is 11.9. The molecule has 7 nitrogen and oxygen atoms in total. The van der Waals surface area contributed by atoms with Gasteiger partial charge in [0.1, 0.15) is 11.6 Å². The summed E-state index contributed by atoms with van der Waals surface area (Å²) in [4.78, 5) is 34.5. The molecule has 0 saturated heterocycles.